The van der Waals surface area contributed by atoms with Crippen LogP contribution in [-0.2, 0) is 5.75 Å². The summed E-state index contributed by atoms with van der Waals surface area (Å²) in [5.41, 5.74) is 0.920. The molecule has 62 valence electrons. The third-order valence-electron chi connectivity index (χ3n) is 1.25. The van der Waals surface area contributed by atoms with E-state index in [1.54, 1.807) is 14.2 Å². The van der Waals surface area contributed by atoms with Crippen LogP contribution in [0.4, 0.5) is 0 Å². The maximum absolute atomic E-state index is 5.05. The minimum atomic E-state index is 0.586. The summed E-state index contributed by atoms with van der Waals surface area (Å²) in [6, 6.07) is 0. The molecule has 0 fully saturated rings. The fraction of sp³-hybridized carbons (Fsp3) is 0.500. The van der Waals surface area contributed by atoms with Crippen molar-refractivity contribution in [2.75, 3.05) is 14.2 Å². The molecule has 1 aromatic rings. The zero-order valence-corrected chi connectivity index (χ0v) is 8.04. The zero-order valence-electron chi connectivity index (χ0n) is 6.33. The molecule has 0 aliphatic carbocycles. The fourth-order valence-electron chi connectivity index (χ4n) is 0.734. The monoisotopic (exact) mass is 191 g/mol. The number of rotatable bonds is 3. The van der Waals surface area contributed by atoms with Gasteiger partial charge in [-0.1, -0.05) is 0 Å². The highest BCUT2D eigenvalue weighted by atomic mass is 32.1. The summed E-state index contributed by atoms with van der Waals surface area (Å²) < 4.78 is 14.1. The lowest BCUT2D eigenvalue weighted by atomic mass is 10.4. The summed E-state index contributed by atoms with van der Waals surface area (Å²) in [5.74, 6) is 1.20. The lowest BCUT2D eigenvalue weighted by Gasteiger charge is -1.98. The van der Waals surface area contributed by atoms with Gasteiger partial charge in [-0.25, -0.2) is 0 Å². The Bertz CT molecular complexity index is 215. The van der Waals surface area contributed by atoms with Crippen molar-refractivity contribution in [1.29, 1.82) is 0 Å². The van der Waals surface area contributed by atoms with Gasteiger partial charge in [-0.05, 0) is 0 Å². The van der Waals surface area contributed by atoms with E-state index in [0.717, 1.165) is 10.6 Å². The predicted octanol–water partition coefficient (Wildman–Crippen LogP) is 1.59. The Labute approximate surface area is 74.9 Å². The Balaban J connectivity index is 2.99. The third kappa shape index (κ3) is 1.59. The van der Waals surface area contributed by atoms with Crippen LogP contribution in [0.3, 0.4) is 0 Å². The topological polar surface area (TPSA) is 31.4 Å². The Hall–Kier alpha value is -0.420. The standard InChI is InChI=1S/C6H9NO2S2/c1-8-5-4(3-10)6(9-2)11-7-5/h10H,3H2,1-2H3. The molecule has 1 rings (SSSR count). The van der Waals surface area contributed by atoms with Crippen molar-refractivity contribution in [2.24, 2.45) is 0 Å². The number of aromatic nitrogens is 1. The van der Waals surface area contributed by atoms with Crippen molar-refractivity contribution < 1.29 is 9.47 Å². The van der Waals surface area contributed by atoms with E-state index in [0.29, 0.717) is 11.6 Å². The van der Waals surface area contributed by atoms with Gasteiger partial charge in [0.2, 0.25) is 10.9 Å². The lowest BCUT2D eigenvalue weighted by molar-refractivity contribution is 0.390. The summed E-state index contributed by atoms with van der Waals surface area (Å²) >= 11 is 5.41. The molecule has 11 heavy (non-hydrogen) atoms. The Morgan fingerprint density at radius 3 is 2.64 bits per heavy atom. The lowest BCUT2D eigenvalue weighted by Crippen LogP contribution is -1.88. The molecule has 0 radical (unpaired) electrons. The number of nitrogens with zero attached hydrogens (tertiary/aromatic N) is 1. The van der Waals surface area contributed by atoms with Crippen molar-refractivity contribution in [2.45, 2.75) is 5.75 Å². The van der Waals surface area contributed by atoms with Crippen LogP contribution >= 0.6 is 24.2 Å². The number of hydrogen-bond acceptors (Lipinski definition) is 5. The van der Waals surface area contributed by atoms with Crippen molar-refractivity contribution in [3.8, 4) is 10.9 Å². The fourth-order valence-corrected chi connectivity index (χ4v) is 1.81. The van der Waals surface area contributed by atoms with Crippen LogP contribution in [0.15, 0.2) is 0 Å². The Morgan fingerprint density at radius 2 is 2.18 bits per heavy atom. The third-order valence-corrected chi connectivity index (χ3v) is 2.41. The first-order valence-corrected chi connectivity index (χ1v) is 4.41. The van der Waals surface area contributed by atoms with E-state index in [4.69, 9.17) is 9.47 Å². The Kier molecular flexibility index (Phi) is 3.02. The predicted molar refractivity (Wildman–Crippen MR) is 47.9 cm³/mol. The van der Waals surface area contributed by atoms with Crippen molar-refractivity contribution in [1.82, 2.24) is 4.37 Å². The molecule has 3 nitrogen and oxygen atoms in total. The van der Waals surface area contributed by atoms with E-state index in [1.807, 2.05) is 0 Å². The first-order chi connectivity index (χ1) is 5.33. The van der Waals surface area contributed by atoms with Gasteiger partial charge >= 0.3 is 0 Å². The summed E-state index contributed by atoms with van der Waals surface area (Å²) in [7, 11) is 3.20. The summed E-state index contributed by atoms with van der Waals surface area (Å²) in [6.45, 7) is 0. The first-order valence-electron chi connectivity index (χ1n) is 3.00. The van der Waals surface area contributed by atoms with Crippen LogP contribution in [0.2, 0.25) is 0 Å². The molecular weight excluding hydrogens is 182 g/mol. The summed E-state index contributed by atoms with van der Waals surface area (Å²) in [4.78, 5) is 0. The van der Waals surface area contributed by atoms with Gasteiger partial charge in [-0.2, -0.15) is 17.0 Å². The largest absolute Gasteiger partial charge is 0.486 e. The molecule has 0 aliphatic rings. The van der Waals surface area contributed by atoms with Crippen LogP contribution in [0.25, 0.3) is 0 Å². The molecule has 0 aromatic carbocycles. The Morgan fingerprint density at radius 1 is 1.45 bits per heavy atom. The molecule has 0 saturated carbocycles. The minimum absolute atomic E-state index is 0.586. The number of methoxy groups -OCH3 is 2. The smallest absolute Gasteiger partial charge is 0.232 e. The minimum Gasteiger partial charge on any atom is -0.486 e. The second-order valence-electron chi connectivity index (χ2n) is 1.82. The average molecular weight is 191 g/mol. The van der Waals surface area contributed by atoms with E-state index in [9.17, 15) is 0 Å². The average Bonchev–Trinajstić information content (AvgIpc) is 2.45. The van der Waals surface area contributed by atoms with Crippen molar-refractivity contribution in [3.05, 3.63) is 5.56 Å². The molecule has 0 bridgehead atoms. The van der Waals surface area contributed by atoms with Gasteiger partial charge in [0.15, 0.2) is 0 Å². The van der Waals surface area contributed by atoms with E-state index < -0.39 is 0 Å². The number of ether oxygens (including phenoxy) is 2. The summed E-state index contributed by atoms with van der Waals surface area (Å²) in [5, 5.41) is 0.775. The molecule has 0 atom stereocenters. The normalized spacial score (nSPS) is 9.73. The highest BCUT2D eigenvalue weighted by Gasteiger charge is 2.12. The molecule has 0 saturated heterocycles. The van der Waals surface area contributed by atoms with Gasteiger partial charge in [0, 0.05) is 17.3 Å². The van der Waals surface area contributed by atoms with Crippen LogP contribution in [0.1, 0.15) is 5.56 Å². The molecule has 0 spiro atoms. The van der Waals surface area contributed by atoms with Crippen molar-refractivity contribution in [3.63, 3.8) is 0 Å². The van der Waals surface area contributed by atoms with Gasteiger partial charge < -0.3 is 9.47 Å². The summed E-state index contributed by atoms with van der Waals surface area (Å²) in [6.07, 6.45) is 0. The number of hydrogen-bond donors (Lipinski definition) is 1. The zero-order chi connectivity index (χ0) is 8.27. The maximum atomic E-state index is 5.05. The highest BCUT2D eigenvalue weighted by molar-refractivity contribution is 7.79. The molecule has 5 heteroatoms. The van der Waals surface area contributed by atoms with E-state index >= 15 is 0 Å². The van der Waals surface area contributed by atoms with Crippen LogP contribution in [0, 0.1) is 0 Å². The van der Waals surface area contributed by atoms with Crippen molar-refractivity contribution >= 4 is 24.2 Å². The quantitative estimate of drug-likeness (QED) is 0.736. The van der Waals surface area contributed by atoms with Crippen LogP contribution in [0.5, 0.6) is 10.9 Å². The molecule has 0 amide bonds. The first kappa shape index (κ1) is 8.67. The van der Waals surface area contributed by atoms with Gasteiger partial charge in [-0.15, -0.1) is 0 Å². The second-order valence-corrected chi connectivity index (χ2v) is 2.87. The molecule has 0 N–H and O–H groups in total. The molecule has 1 aromatic heterocycles. The maximum Gasteiger partial charge on any atom is 0.232 e. The van der Waals surface area contributed by atoms with Gasteiger partial charge in [-0.3, -0.25) is 0 Å². The molecular formula is C6H9NO2S2. The second kappa shape index (κ2) is 3.82. The van der Waals surface area contributed by atoms with Crippen LogP contribution in [-0.4, -0.2) is 18.6 Å². The molecule has 0 unspecified atom stereocenters. The number of thiol groups is 1. The SMILES string of the molecule is COc1nsc(OC)c1CS. The van der Waals surface area contributed by atoms with Gasteiger partial charge in [0.25, 0.3) is 0 Å². The van der Waals surface area contributed by atoms with E-state index in [2.05, 4.69) is 17.0 Å². The van der Waals surface area contributed by atoms with Gasteiger partial charge in [0.05, 0.1) is 19.8 Å². The van der Waals surface area contributed by atoms with E-state index in [1.165, 1.54) is 11.5 Å². The molecule has 0 aliphatic heterocycles. The molecule has 1 heterocycles. The van der Waals surface area contributed by atoms with E-state index in [-0.39, 0.29) is 0 Å². The van der Waals surface area contributed by atoms with Gasteiger partial charge in [0.1, 0.15) is 0 Å². The highest BCUT2D eigenvalue weighted by Crippen LogP contribution is 2.33. The van der Waals surface area contributed by atoms with Crippen LogP contribution < -0.4 is 9.47 Å².